The van der Waals surface area contributed by atoms with Crippen LogP contribution in [0.3, 0.4) is 0 Å². The van der Waals surface area contributed by atoms with Gasteiger partial charge in [0.25, 0.3) is 0 Å². The lowest BCUT2D eigenvalue weighted by atomic mass is 9.97. The molecule has 0 aromatic carbocycles. The molecule has 0 amide bonds. The van der Waals surface area contributed by atoms with Gasteiger partial charge in [-0.05, 0) is 13.0 Å². The fourth-order valence-electron chi connectivity index (χ4n) is 1.32. The average Bonchev–Trinajstić information content (AvgIpc) is 2.05. The van der Waals surface area contributed by atoms with Gasteiger partial charge in [-0.1, -0.05) is 6.92 Å². The van der Waals surface area contributed by atoms with Crippen LogP contribution in [-0.2, 0) is 0 Å². The summed E-state index contributed by atoms with van der Waals surface area (Å²) in [6.07, 6.45) is 0.770. The summed E-state index contributed by atoms with van der Waals surface area (Å²) < 4.78 is 0. The molecule has 3 nitrogen and oxygen atoms in total. The van der Waals surface area contributed by atoms with Crippen LogP contribution >= 0.6 is 0 Å². The summed E-state index contributed by atoms with van der Waals surface area (Å²) in [5.74, 6) is -0.149. The number of rotatable bonds is 1. The van der Waals surface area contributed by atoms with Gasteiger partial charge in [-0.2, -0.15) is 5.26 Å². The first-order valence-electron chi connectivity index (χ1n) is 3.97. The molecule has 60 valence electrons. The van der Waals surface area contributed by atoms with E-state index in [9.17, 15) is 0 Å². The van der Waals surface area contributed by atoms with Crippen LogP contribution in [0, 0.1) is 22.7 Å². The number of nitriles is 1. The van der Waals surface area contributed by atoms with E-state index in [1.54, 1.807) is 0 Å². The minimum atomic E-state index is -0.149. The second kappa shape index (κ2) is 3.49. The molecule has 1 aliphatic rings. The molecule has 0 aliphatic carbocycles. The topological polar surface area (TPSA) is 50.9 Å². The number of hydrogen-bond donors (Lipinski definition) is 1. The molecule has 0 spiro atoms. The standard InChI is InChI=1S/C8H13N3/c1-2-11-4-3-8(10)7(5-9)6-11/h7,10H,2-4,6H2,1H3. The predicted octanol–water partition coefficient (Wildman–Crippen LogP) is 0.872. The Kier molecular flexibility index (Phi) is 2.61. The number of piperidine rings is 1. The highest BCUT2D eigenvalue weighted by Gasteiger charge is 2.22. The summed E-state index contributed by atoms with van der Waals surface area (Å²) in [6, 6.07) is 2.15. The fourth-order valence-corrected chi connectivity index (χ4v) is 1.32. The Morgan fingerprint density at radius 2 is 2.55 bits per heavy atom. The van der Waals surface area contributed by atoms with E-state index in [-0.39, 0.29) is 5.92 Å². The van der Waals surface area contributed by atoms with Gasteiger partial charge < -0.3 is 10.3 Å². The third-order valence-electron chi connectivity index (χ3n) is 2.16. The van der Waals surface area contributed by atoms with Crippen molar-refractivity contribution in [3.05, 3.63) is 0 Å². The maximum absolute atomic E-state index is 8.66. The van der Waals surface area contributed by atoms with Crippen LogP contribution in [0.4, 0.5) is 0 Å². The monoisotopic (exact) mass is 151 g/mol. The van der Waals surface area contributed by atoms with Crippen molar-refractivity contribution in [2.24, 2.45) is 5.92 Å². The van der Waals surface area contributed by atoms with Crippen LogP contribution in [0.2, 0.25) is 0 Å². The molecule has 11 heavy (non-hydrogen) atoms. The van der Waals surface area contributed by atoms with E-state index in [4.69, 9.17) is 10.7 Å². The molecule has 1 unspecified atom stereocenters. The first kappa shape index (κ1) is 8.22. The van der Waals surface area contributed by atoms with Crippen molar-refractivity contribution in [2.75, 3.05) is 19.6 Å². The number of nitrogens with zero attached hydrogens (tertiary/aromatic N) is 2. The van der Waals surface area contributed by atoms with Crippen molar-refractivity contribution in [3.8, 4) is 6.07 Å². The molecule has 0 aromatic rings. The molecule has 1 fully saturated rings. The Morgan fingerprint density at radius 1 is 1.82 bits per heavy atom. The zero-order valence-corrected chi connectivity index (χ0v) is 6.80. The Labute approximate surface area is 67.1 Å². The Balaban J connectivity index is 2.52. The van der Waals surface area contributed by atoms with Gasteiger partial charge in [0, 0.05) is 18.8 Å². The van der Waals surface area contributed by atoms with Gasteiger partial charge in [0.05, 0.1) is 12.0 Å². The highest BCUT2D eigenvalue weighted by atomic mass is 15.1. The molecular weight excluding hydrogens is 138 g/mol. The van der Waals surface area contributed by atoms with Crippen molar-refractivity contribution in [2.45, 2.75) is 13.3 Å². The summed E-state index contributed by atoms with van der Waals surface area (Å²) >= 11 is 0. The molecule has 3 heteroatoms. The van der Waals surface area contributed by atoms with Crippen molar-refractivity contribution < 1.29 is 0 Å². The van der Waals surface area contributed by atoms with E-state index in [2.05, 4.69) is 17.9 Å². The zero-order valence-electron chi connectivity index (χ0n) is 6.80. The largest absolute Gasteiger partial charge is 0.308 e. The van der Waals surface area contributed by atoms with Gasteiger partial charge in [-0.25, -0.2) is 0 Å². The maximum Gasteiger partial charge on any atom is 0.0965 e. The molecule has 0 radical (unpaired) electrons. The summed E-state index contributed by atoms with van der Waals surface area (Å²) in [6.45, 7) is 4.79. The number of hydrogen-bond acceptors (Lipinski definition) is 3. The molecular formula is C8H13N3. The first-order valence-corrected chi connectivity index (χ1v) is 3.97. The second-order valence-electron chi connectivity index (χ2n) is 2.85. The van der Waals surface area contributed by atoms with Crippen LogP contribution in [0.1, 0.15) is 13.3 Å². The molecule has 1 N–H and O–H groups in total. The first-order chi connectivity index (χ1) is 5.27. The lowest BCUT2D eigenvalue weighted by Gasteiger charge is -2.28. The van der Waals surface area contributed by atoms with Crippen LogP contribution in [-0.4, -0.2) is 30.2 Å². The summed E-state index contributed by atoms with van der Waals surface area (Å²) in [5, 5.41) is 16.1. The van der Waals surface area contributed by atoms with Crippen LogP contribution < -0.4 is 0 Å². The zero-order chi connectivity index (χ0) is 8.27. The van der Waals surface area contributed by atoms with E-state index in [0.29, 0.717) is 5.71 Å². The third kappa shape index (κ3) is 1.78. The van der Waals surface area contributed by atoms with Crippen LogP contribution in [0.15, 0.2) is 0 Å². The van der Waals surface area contributed by atoms with E-state index >= 15 is 0 Å². The number of nitrogens with one attached hydrogen (secondary N) is 1. The minimum absolute atomic E-state index is 0.149. The van der Waals surface area contributed by atoms with Crippen LogP contribution in [0.5, 0.6) is 0 Å². The third-order valence-corrected chi connectivity index (χ3v) is 2.16. The van der Waals surface area contributed by atoms with Crippen molar-refractivity contribution in [1.82, 2.24) is 4.90 Å². The quantitative estimate of drug-likeness (QED) is 0.604. The Morgan fingerprint density at radius 3 is 3.09 bits per heavy atom. The normalized spacial score (nSPS) is 26.5. The highest BCUT2D eigenvalue weighted by molar-refractivity contribution is 5.87. The average molecular weight is 151 g/mol. The van der Waals surface area contributed by atoms with Gasteiger partial charge >= 0.3 is 0 Å². The molecule has 0 saturated carbocycles. The van der Waals surface area contributed by atoms with Crippen molar-refractivity contribution in [1.29, 1.82) is 10.7 Å². The van der Waals surface area contributed by atoms with Crippen molar-refractivity contribution >= 4 is 5.71 Å². The molecule has 1 heterocycles. The van der Waals surface area contributed by atoms with Crippen LogP contribution in [0.25, 0.3) is 0 Å². The van der Waals surface area contributed by atoms with Gasteiger partial charge in [-0.15, -0.1) is 0 Å². The molecule has 1 saturated heterocycles. The van der Waals surface area contributed by atoms with Gasteiger partial charge in [0.1, 0.15) is 0 Å². The van der Waals surface area contributed by atoms with Gasteiger partial charge in [0.15, 0.2) is 0 Å². The highest BCUT2D eigenvalue weighted by Crippen LogP contribution is 2.11. The maximum atomic E-state index is 8.66. The Bertz CT molecular complexity index is 192. The second-order valence-corrected chi connectivity index (χ2v) is 2.85. The van der Waals surface area contributed by atoms with E-state index in [0.717, 1.165) is 26.1 Å². The molecule has 0 bridgehead atoms. The van der Waals surface area contributed by atoms with E-state index in [1.165, 1.54) is 0 Å². The smallest absolute Gasteiger partial charge is 0.0965 e. The molecule has 1 atom stereocenters. The lowest BCUT2D eigenvalue weighted by molar-refractivity contribution is 0.269. The molecule has 0 aromatic heterocycles. The van der Waals surface area contributed by atoms with Gasteiger partial charge in [0.2, 0.25) is 0 Å². The van der Waals surface area contributed by atoms with Gasteiger partial charge in [-0.3, -0.25) is 0 Å². The Hall–Kier alpha value is -0.880. The minimum Gasteiger partial charge on any atom is -0.308 e. The number of likely N-dealkylation sites (tertiary alicyclic amines) is 1. The fraction of sp³-hybridized carbons (Fsp3) is 0.750. The predicted molar refractivity (Wildman–Crippen MR) is 43.6 cm³/mol. The summed E-state index contributed by atoms with van der Waals surface area (Å²) in [7, 11) is 0. The van der Waals surface area contributed by atoms with Crippen molar-refractivity contribution in [3.63, 3.8) is 0 Å². The van der Waals surface area contributed by atoms with E-state index in [1.807, 2.05) is 0 Å². The summed E-state index contributed by atoms with van der Waals surface area (Å²) in [4.78, 5) is 2.21. The summed E-state index contributed by atoms with van der Waals surface area (Å²) in [5.41, 5.74) is 0.609. The lowest BCUT2D eigenvalue weighted by Crippen LogP contribution is -2.39. The SMILES string of the molecule is CCN1CCC(=N)C(C#N)C1. The molecule has 1 rings (SSSR count). The molecule has 1 aliphatic heterocycles. The van der Waals surface area contributed by atoms with E-state index < -0.39 is 0 Å².